The van der Waals surface area contributed by atoms with Crippen LogP contribution < -0.4 is 16.0 Å². The molecule has 2 aliphatic heterocycles. The van der Waals surface area contributed by atoms with Crippen molar-refractivity contribution in [2.45, 2.75) is 24.9 Å². The molecule has 1 saturated heterocycles. The fraction of sp³-hybridized carbons (Fsp3) is 0.269. The van der Waals surface area contributed by atoms with Crippen molar-refractivity contribution in [1.29, 1.82) is 5.41 Å². The number of nitrogens with two attached hydrogens (primary N) is 2. The van der Waals surface area contributed by atoms with E-state index >= 15 is 0 Å². The highest BCUT2D eigenvalue weighted by atomic mass is 35.5. The van der Waals surface area contributed by atoms with Gasteiger partial charge in [-0.05, 0) is 11.6 Å². The van der Waals surface area contributed by atoms with Crippen LogP contribution in [0.25, 0.3) is 5.65 Å². The molecule has 1 amide bonds. The standard InChI is InChI=1S/C26H24ClN9O5S3/c1-41-32-18(19-21(27)44-26(30)31-19)16(37)7-15-23(38)36-20(25(39)40)13(11-43-24(15)36)8-34-3-2-17-33(4-5-35(17)34)9-14-6-12(10-42-14)22(28)29/h2-6,10,15,24H,7-9,11H2,1H3,(H5-,28,29,30,31,39,40)/p+1/b32-18+/t15-,24-/m1/s1. The van der Waals surface area contributed by atoms with E-state index in [0.29, 0.717) is 23.4 Å². The van der Waals surface area contributed by atoms with E-state index < -0.39 is 29.0 Å². The molecule has 4 aromatic heterocycles. The maximum Gasteiger partial charge on any atom is 0.352 e. The number of hydrogen-bond acceptors (Lipinski definition) is 11. The van der Waals surface area contributed by atoms with Crippen LogP contribution in [0.3, 0.4) is 0 Å². The number of aromatic nitrogens is 4. The van der Waals surface area contributed by atoms with Gasteiger partial charge >= 0.3 is 11.6 Å². The first kappa shape index (κ1) is 29.9. The van der Waals surface area contributed by atoms with Crippen LogP contribution in [0.2, 0.25) is 4.34 Å². The molecule has 0 bridgehead atoms. The molecule has 0 radical (unpaired) electrons. The van der Waals surface area contributed by atoms with Gasteiger partial charge in [0.05, 0.1) is 30.1 Å². The third kappa shape index (κ3) is 5.25. The first-order valence-corrected chi connectivity index (χ1v) is 16.1. The van der Waals surface area contributed by atoms with Crippen LogP contribution in [0.1, 0.15) is 22.6 Å². The summed E-state index contributed by atoms with van der Waals surface area (Å²) in [5.41, 5.74) is 13.3. The van der Waals surface area contributed by atoms with Gasteiger partial charge in [0.25, 0.3) is 0 Å². The quantitative estimate of drug-likeness (QED) is 0.0604. The van der Waals surface area contributed by atoms with Gasteiger partial charge in [0, 0.05) is 28.0 Å². The second kappa shape index (κ2) is 11.7. The van der Waals surface area contributed by atoms with Crippen molar-refractivity contribution in [2.24, 2.45) is 16.8 Å². The number of rotatable bonds is 11. The Bertz CT molecular complexity index is 1900. The summed E-state index contributed by atoms with van der Waals surface area (Å²) in [5.74, 6) is -2.54. The molecule has 6 N–H and O–H groups in total. The SMILES string of the molecule is CO/N=C(\C(=O)C[C@@H]1C(=O)N2C(C(=O)O)=C(Cn3ccc4n3cc[n+]4Cc3cc(C(=N)N)cs3)CS[C@H]12)c1nc(N)sc1Cl. The third-order valence-electron chi connectivity index (χ3n) is 7.27. The molecule has 2 atom stereocenters. The van der Waals surface area contributed by atoms with Gasteiger partial charge in [0.2, 0.25) is 5.91 Å². The van der Waals surface area contributed by atoms with Gasteiger partial charge in [-0.1, -0.05) is 28.1 Å². The lowest BCUT2D eigenvalue weighted by Crippen LogP contribution is -2.62. The molecule has 0 saturated carbocycles. The van der Waals surface area contributed by atoms with Gasteiger partial charge in [-0.25, -0.2) is 19.0 Å². The van der Waals surface area contributed by atoms with Crippen molar-refractivity contribution in [2.75, 3.05) is 18.6 Å². The van der Waals surface area contributed by atoms with Gasteiger partial charge in [0.1, 0.15) is 41.4 Å². The van der Waals surface area contributed by atoms with Gasteiger partial charge in [-0.3, -0.25) is 19.9 Å². The Labute approximate surface area is 266 Å². The van der Waals surface area contributed by atoms with Crippen molar-refractivity contribution in [3.63, 3.8) is 0 Å². The van der Waals surface area contributed by atoms with E-state index in [1.165, 1.54) is 35.1 Å². The zero-order valence-corrected chi connectivity index (χ0v) is 26.2. The summed E-state index contributed by atoms with van der Waals surface area (Å²) in [5, 5.41) is 23.0. The number of aliphatic carboxylic acids is 1. The van der Waals surface area contributed by atoms with Crippen LogP contribution in [-0.4, -0.2) is 71.6 Å². The van der Waals surface area contributed by atoms with E-state index in [1.807, 2.05) is 49.9 Å². The molecule has 4 aromatic rings. The molecule has 0 aliphatic carbocycles. The van der Waals surface area contributed by atoms with Crippen LogP contribution in [0.5, 0.6) is 0 Å². The van der Waals surface area contributed by atoms with Crippen molar-refractivity contribution in [3.8, 4) is 0 Å². The monoisotopic (exact) mass is 674 g/mol. The Morgan fingerprint density at radius 3 is 2.82 bits per heavy atom. The van der Waals surface area contributed by atoms with Crippen molar-refractivity contribution < 1.29 is 28.9 Å². The van der Waals surface area contributed by atoms with Gasteiger partial charge in [-0.2, -0.15) is 0 Å². The number of nitrogens with one attached hydrogen (secondary N) is 1. The van der Waals surface area contributed by atoms with Crippen LogP contribution in [0, 0.1) is 11.3 Å². The number of carboxylic acids is 1. The second-order valence-electron chi connectivity index (χ2n) is 9.96. The summed E-state index contributed by atoms with van der Waals surface area (Å²) in [6.07, 6.45) is 5.44. The lowest BCUT2D eigenvalue weighted by Gasteiger charge is -2.49. The first-order valence-electron chi connectivity index (χ1n) is 13.0. The highest BCUT2D eigenvalue weighted by molar-refractivity contribution is 8.00. The van der Waals surface area contributed by atoms with Gasteiger partial charge in [-0.15, -0.1) is 27.6 Å². The van der Waals surface area contributed by atoms with Crippen LogP contribution >= 0.6 is 46.0 Å². The predicted molar refractivity (Wildman–Crippen MR) is 166 cm³/mol. The number of hydrogen-bond donors (Lipinski definition) is 4. The van der Waals surface area contributed by atoms with E-state index in [-0.39, 0.29) is 45.4 Å². The highest BCUT2D eigenvalue weighted by Crippen LogP contribution is 2.45. The number of amidine groups is 1. The minimum atomic E-state index is -1.21. The van der Waals surface area contributed by atoms with Crippen LogP contribution in [0.15, 0.2) is 52.5 Å². The van der Waals surface area contributed by atoms with E-state index in [0.717, 1.165) is 21.9 Å². The maximum absolute atomic E-state index is 13.3. The molecular weight excluding hydrogens is 650 g/mol. The average Bonchev–Trinajstić information content (AvgIpc) is 3.77. The molecule has 0 spiro atoms. The minimum Gasteiger partial charge on any atom is -0.477 e. The summed E-state index contributed by atoms with van der Waals surface area (Å²) in [6.45, 7) is 0.828. The van der Waals surface area contributed by atoms with Crippen molar-refractivity contribution >= 4 is 86.0 Å². The summed E-state index contributed by atoms with van der Waals surface area (Å²) in [4.78, 5) is 50.2. The van der Waals surface area contributed by atoms with Gasteiger partial charge in [0.15, 0.2) is 22.8 Å². The largest absolute Gasteiger partial charge is 0.477 e. The number of Topliss-reactive ketones (excluding diaryl/α,β-unsaturated/α-hetero) is 1. The number of thioether (sulfide) groups is 1. The number of thiophene rings is 1. The predicted octanol–water partition coefficient (Wildman–Crippen LogP) is 1.99. The fourth-order valence-electron chi connectivity index (χ4n) is 5.29. The summed E-state index contributed by atoms with van der Waals surface area (Å²) < 4.78 is 6.00. The topological polar surface area (TPSA) is 198 Å². The number of β-lactam (4-membered cyclic amide) rings is 1. The molecule has 0 unspecified atom stereocenters. The maximum atomic E-state index is 13.3. The zero-order chi connectivity index (χ0) is 31.3. The number of nitrogens with zero attached hydrogens (tertiary/aromatic N) is 6. The number of anilines is 1. The number of fused-ring (bicyclic) bond motifs is 2. The van der Waals surface area contributed by atoms with E-state index in [2.05, 4.69) is 10.1 Å². The fourth-order valence-corrected chi connectivity index (χ4v) is 8.50. The minimum absolute atomic E-state index is 0.0234. The number of oxime groups is 1. The summed E-state index contributed by atoms with van der Waals surface area (Å²) >= 11 is 10.1. The van der Waals surface area contributed by atoms with E-state index in [1.54, 1.807) is 0 Å². The Balaban J connectivity index is 1.20. The number of carbonyl (C=O) groups excluding carboxylic acids is 2. The molecule has 228 valence electrons. The van der Waals surface area contributed by atoms with Crippen molar-refractivity contribution in [3.05, 3.63) is 67.8 Å². The normalized spacial score (nSPS) is 18.5. The molecule has 6 heterocycles. The number of nitrogen functional groups attached to an aromatic ring is 2. The molecule has 14 nitrogen and oxygen atoms in total. The lowest BCUT2D eigenvalue weighted by molar-refractivity contribution is -0.661. The highest BCUT2D eigenvalue weighted by Gasteiger charge is 2.54. The van der Waals surface area contributed by atoms with Crippen molar-refractivity contribution in [1.82, 2.24) is 19.1 Å². The van der Waals surface area contributed by atoms with Crippen LogP contribution in [0.4, 0.5) is 5.13 Å². The number of carboxylic acid groups (broad SMARTS) is 1. The number of carbonyl (C=O) groups is 3. The lowest BCUT2D eigenvalue weighted by atomic mass is 9.89. The molecule has 18 heteroatoms. The smallest absolute Gasteiger partial charge is 0.352 e. The molecule has 44 heavy (non-hydrogen) atoms. The second-order valence-corrected chi connectivity index (χ2v) is 13.7. The summed E-state index contributed by atoms with van der Waals surface area (Å²) in [6, 6.07) is 3.82. The Morgan fingerprint density at radius 1 is 1.36 bits per heavy atom. The van der Waals surface area contributed by atoms with Crippen LogP contribution in [-0.2, 0) is 32.3 Å². The van der Waals surface area contributed by atoms with Gasteiger partial charge < -0.3 is 21.4 Å². The first-order chi connectivity index (χ1) is 21.1. The molecule has 2 aliphatic rings. The van der Waals surface area contributed by atoms with E-state index in [9.17, 15) is 19.5 Å². The van der Waals surface area contributed by atoms with E-state index in [4.69, 9.17) is 33.3 Å². The summed E-state index contributed by atoms with van der Waals surface area (Å²) in [7, 11) is 1.27. The zero-order valence-electron chi connectivity index (χ0n) is 23.0. The number of thiazole rings is 1. The molecule has 1 fully saturated rings. The number of halogens is 1. The number of ketones is 1. The number of imidazole rings is 1. The molecule has 0 aromatic carbocycles. The Morgan fingerprint density at radius 2 is 2.16 bits per heavy atom. The Hall–Kier alpha value is -4.19. The number of amides is 1. The molecular formula is C26H25ClN9O5S3+. The Kier molecular flexibility index (Phi) is 7.95. The average molecular weight is 675 g/mol. The third-order valence-corrected chi connectivity index (χ3v) is 10.7. The molecule has 6 rings (SSSR count).